The summed E-state index contributed by atoms with van der Waals surface area (Å²) in [5, 5.41) is 5.85. The van der Waals surface area contributed by atoms with Crippen LogP contribution in [0.5, 0.6) is 0 Å². The van der Waals surface area contributed by atoms with Crippen LogP contribution in [0.4, 0.5) is 0 Å². The maximum Gasteiger partial charge on any atom is 0.251 e. The third-order valence-electron chi connectivity index (χ3n) is 4.84. The number of hydrogen-bond acceptors (Lipinski definition) is 5. The zero-order chi connectivity index (χ0) is 19.0. The van der Waals surface area contributed by atoms with E-state index in [1.54, 1.807) is 12.1 Å². The predicted molar refractivity (Wildman–Crippen MR) is 115 cm³/mol. The molecule has 1 aliphatic heterocycles. The number of carbonyl (C=O) groups is 2. The maximum absolute atomic E-state index is 12.6. The third-order valence-corrected chi connectivity index (χ3v) is 4.84. The monoisotopic (exact) mass is 434 g/mol. The second-order valence-electron chi connectivity index (χ2n) is 7.04. The number of hydrogen-bond donors (Lipinski definition) is 3. The number of benzene rings is 1. The van der Waals surface area contributed by atoms with E-state index in [1.165, 1.54) is 0 Å². The number of nitrogens with zero attached hydrogens (tertiary/aromatic N) is 1. The van der Waals surface area contributed by atoms with Crippen molar-refractivity contribution >= 4 is 36.6 Å². The van der Waals surface area contributed by atoms with Crippen LogP contribution in [0.2, 0.25) is 0 Å². The standard InChI is InChI=1S/C19H30N4O3.2ClH/c1-23(2)10-9-21-17(24)16-5-3-15(4-6-16)13-22-18(25)19(14-20)7-11-26-12-8-19;;/h3-6H,7-14,20H2,1-2H3,(H,21,24)(H,22,25);2*1H. The van der Waals surface area contributed by atoms with Crippen molar-refractivity contribution in [3.05, 3.63) is 35.4 Å². The van der Waals surface area contributed by atoms with Crippen LogP contribution in [0, 0.1) is 5.41 Å². The van der Waals surface area contributed by atoms with E-state index in [-0.39, 0.29) is 36.6 Å². The predicted octanol–water partition coefficient (Wildman–Crippen LogP) is 1.19. The lowest BCUT2D eigenvalue weighted by Crippen LogP contribution is -2.48. The van der Waals surface area contributed by atoms with Gasteiger partial charge in [0.05, 0.1) is 5.41 Å². The summed E-state index contributed by atoms with van der Waals surface area (Å²) in [5.41, 5.74) is 6.89. The van der Waals surface area contributed by atoms with Gasteiger partial charge in [0.2, 0.25) is 5.91 Å². The Morgan fingerprint density at radius 1 is 1.11 bits per heavy atom. The van der Waals surface area contributed by atoms with Crippen molar-refractivity contribution in [2.75, 3.05) is 46.9 Å². The number of carbonyl (C=O) groups excluding carboxylic acids is 2. The highest BCUT2D eigenvalue weighted by Gasteiger charge is 2.38. The van der Waals surface area contributed by atoms with Gasteiger partial charge in [0.1, 0.15) is 0 Å². The molecule has 0 atom stereocenters. The topological polar surface area (TPSA) is 96.7 Å². The molecule has 160 valence electrons. The minimum absolute atomic E-state index is 0. The minimum Gasteiger partial charge on any atom is -0.381 e. The van der Waals surface area contributed by atoms with E-state index < -0.39 is 5.41 Å². The van der Waals surface area contributed by atoms with Gasteiger partial charge in [-0.15, -0.1) is 24.8 Å². The molecule has 1 aromatic carbocycles. The van der Waals surface area contributed by atoms with Crippen molar-refractivity contribution in [1.29, 1.82) is 0 Å². The van der Waals surface area contributed by atoms with Crippen LogP contribution in [0.1, 0.15) is 28.8 Å². The fourth-order valence-electron chi connectivity index (χ4n) is 2.92. The molecule has 1 heterocycles. The molecule has 0 aliphatic carbocycles. The smallest absolute Gasteiger partial charge is 0.251 e. The SMILES string of the molecule is CN(C)CCNC(=O)c1ccc(CNC(=O)C2(CN)CCOCC2)cc1.Cl.Cl. The van der Waals surface area contributed by atoms with Crippen LogP contribution in [0.25, 0.3) is 0 Å². The highest BCUT2D eigenvalue weighted by atomic mass is 35.5. The lowest BCUT2D eigenvalue weighted by atomic mass is 9.79. The second kappa shape index (κ2) is 13.0. The first kappa shape index (κ1) is 26.6. The lowest BCUT2D eigenvalue weighted by molar-refractivity contribution is -0.136. The number of ether oxygens (including phenoxy) is 1. The number of amides is 2. The summed E-state index contributed by atoms with van der Waals surface area (Å²) in [4.78, 5) is 26.6. The number of halogens is 2. The molecule has 1 aliphatic rings. The summed E-state index contributed by atoms with van der Waals surface area (Å²) in [5.74, 6) is -0.111. The molecule has 1 saturated heterocycles. The van der Waals surface area contributed by atoms with Gasteiger partial charge in [-0.25, -0.2) is 0 Å². The molecule has 1 aromatic rings. The van der Waals surface area contributed by atoms with Crippen molar-refractivity contribution in [3.63, 3.8) is 0 Å². The van der Waals surface area contributed by atoms with Gasteiger partial charge in [-0.05, 0) is 44.6 Å². The van der Waals surface area contributed by atoms with Gasteiger partial charge < -0.3 is 26.0 Å². The first-order chi connectivity index (χ1) is 12.5. The van der Waals surface area contributed by atoms with Gasteiger partial charge in [0.15, 0.2) is 0 Å². The summed E-state index contributed by atoms with van der Waals surface area (Å²) in [6, 6.07) is 7.28. The molecule has 0 aromatic heterocycles. The average molecular weight is 435 g/mol. The van der Waals surface area contributed by atoms with Crippen molar-refractivity contribution in [1.82, 2.24) is 15.5 Å². The van der Waals surface area contributed by atoms with E-state index in [1.807, 2.05) is 31.1 Å². The normalized spacial score (nSPS) is 15.1. The van der Waals surface area contributed by atoms with Gasteiger partial charge in [0, 0.05) is 45.0 Å². The third kappa shape index (κ3) is 7.56. The molecular formula is C19H32Cl2N4O3. The molecule has 0 bridgehead atoms. The van der Waals surface area contributed by atoms with E-state index in [2.05, 4.69) is 10.6 Å². The Bertz CT molecular complexity index is 606. The molecule has 0 spiro atoms. The molecule has 0 radical (unpaired) electrons. The highest BCUT2D eigenvalue weighted by molar-refractivity contribution is 5.94. The Balaban J connectivity index is 0.00000364. The van der Waals surface area contributed by atoms with Crippen molar-refractivity contribution in [3.8, 4) is 0 Å². The van der Waals surface area contributed by atoms with Crippen LogP contribution in [-0.2, 0) is 16.1 Å². The molecule has 2 amide bonds. The van der Waals surface area contributed by atoms with Gasteiger partial charge >= 0.3 is 0 Å². The van der Waals surface area contributed by atoms with E-state index in [9.17, 15) is 9.59 Å². The number of likely N-dealkylation sites (N-methyl/N-ethyl adjacent to an activating group) is 1. The largest absolute Gasteiger partial charge is 0.381 e. The summed E-state index contributed by atoms with van der Waals surface area (Å²) in [6.07, 6.45) is 1.31. The van der Waals surface area contributed by atoms with Crippen LogP contribution in [-0.4, -0.2) is 63.7 Å². The van der Waals surface area contributed by atoms with Crippen molar-refractivity contribution in [2.24, 2.45) is 11.1 Å². The molecule has 0 saturated carbocycles. The first-order valence-electron chi connectivity index (χ1n) is 9.05. The molecule has 1 fully saturated rings. The van der Waals surface area contributed by atoms with Gasteiger partial charge in [-0.1, -0.05) is 12.1 Å². The van der Waals surface area contributed by atoms with E-state index in [4.69, 9.17) is 10.5 Å². The Kier molecular flexibility index (Phi) is 12.3. The molecule has 7 nitrogen and oxygen atoms in total. The van der Waals surface area contributed by atoms with Gasteiger partial charge in [-0.3, -0.25) is 9.59 Å². The molecule has 4 N–H and O–H groups in total. The zero-order valence-electron chi connectivity index (χ0n) is 16.5. The molecule has 0 unspecified atom stereocenters. The molecule has 9 heteroatoms. The van der Waals surface area contributed by atoms with E-state index in [0.717, 1.165) is 12.1 Å². The molecular weight excluding hydrogens is 403 g/mol. The minimum atomic E-state index is -0.523. The molecule has 2 rings (SSSR count). The lowest BCUT2D eigenvalue weighted by Gasteiger charge is -2.34. The summed E-state index contributed by atoms with van der Waals surface area (Å²) in [6.45, 7) is 3.29. The van der Waals surface area contributed by atoms with E-state index >= 15 is 0 Å². The Hall–Kier alpha value is -1.38. The van der Waals surface area contributed by atoms with E-state index in [0.29, 0.717) is 51.3 Å². The first-order valence-corrected chi connectivity index (χ1v) is 9.05. The number of nitrogens with one attached hydrogen (secondary N) is 2. The van der Waals surface area contributed by atoms with Crippen LogP contribution in [0.15, 0.2) is 24.3 Å². The van der Waals surface area contributed by atoms with Crippen molar-refractivity contribution in [2.45, 2.75) is 19.4 Å². The van der Waals surface area contributed by atoms with Crippen LogP contribution in [0.3, 0.4) is 0 Å². The summed E-state index contributed by atoms with van der Waals surface area (Å²) >= 11 is 0. The average Bonchev–Trinajstić information content (AvgIpc) is 2.66. The van der Waals surface area contributed by atoms with Gasteiger partial charge in [-0.2, -0.15) is 0 Å². The maximum atomic E-state index is 12.6. The Morgan fingerprint density at radius 3 is 2.25 bits per heavy atom. The van der Waals surface area contributed by atoms with Crippen LogP contribution >= 0.6 is 24.8 Å². The fraction of sp³-hybridized carbons (Fsp3) is 0.579. The van der Waals surface area contributed by atoms with Crippen molar-refractivity contribution < 1.29 is 14.3 Å². The number of nitrogens with two attached hydrogens (primary N) is 1. The summed E-state index contributed by atoms with van der Waals surface area (Å²) in [7, 11) is 3.93. The van der Waals surface area contributed by atoms with Crippen LogP contribution < -0.4 is 16.4 Å². The number of rotatable bonds is 8. The molecule has 28 heavy (non-hydrogen) atoms. The Labute approximate surface area is 179 Å². The quantitative estimate of drug-likeness (QED) is 0.570. The zero-order valence-corrected chi connectivity index (χ0v) is 18.2. The Morgan fingerprint density at radius 2 is 1.71 bits per heavy atom. The van der Waals surface area contributed by atoms with Gasteiger partial charge in [0.25, 0.3) is 5.91 Å². The fourth-order valence-corrected chi connectivity index (χ4v) is 2.92. The second-order valence-corrected chi connectivity index (χ2v) is 7.04. The summed E-state index contributed by atoms with van der Waals surface area (Å²) < 4.78 is 5.34. The highest BCUT2D eigenvalue weighted by Crippen LogP contribution is 2.29.